The summed E-state index contributed by atoms with van der Waals surface area (Å²) in [5.41, 5.74) is 2.20. The molecule has 27 heavy (non-hydrogen) atoms. The van der Waals surface area contributed by atoms with Crippen molar-refractivity contribution in [1.29, 1.82) is 0 Å². The molecule has 1 aliphatic heterocycles. The van der Waals surface area contributed by atoms with E-state index in [1.807, 2.05) is 13.8 Å². The van der Waals surface area contributed by atoms with Crippen LogP contribution in [0, 0.1) is 0 Å². The molecule has 1 atom stereocenters. The molecule has 144 valence electrons. The van der Waals surface area contributed by atoms with Gasteiger partial charge in [-0.3, -0.25) is 4.79 Å². The third-order valence-electron chi connectivity index (χ3n) is 4.78. The standard InChI is InChI=1S/C20H23ClN2O3S/c1-3-14(2)22-27(25,26)18-10-11-19-16(13-18)5-4-12-23(19)20(24)15-6-8-17(21)9-7-15/h6-11,13-14,22H,3-5,12H2,1-2H3. The molecule has 3 rings (SSSR count). The SMILES string of the molecule is CCC(C)NS(=O)(=O)c1ccc2c(c1)CCCN2C(=O)c1ccc(Cl)cc1. The highest BCUT2D eigenvalue weighted by Gasteiger charge is 2.26. The summed E-state index contributed by atoms with van der Waals surface area (Å²) in [6.07, 6.45) is 2.24. The minimum Gasteiger partial charge on any atom is -0.308 e. The number of hydrogen-bond donors (Lipinski definition) is 1. The Balaban J connectivity index is 1.91. The Kier molecular flexibility index (Phi) is 5.89. The van der Waals surface area contributed by atoms with Crippen LogP contribution in [-0.2, 0) is 16.4 Å². The number of nitrogens with zero attached hydrogens (tertiary/aromatic N) is 1. The summed E-state index contributed by atoms with van der Waals surface area (Å²) in [5.74, 6) is -0.110. The second-order valence-electron chi connectivity index (χ2n) is 6.79. The van der Waals surface area contributed by atoms with E-state index in [-0.39, 0.29) is 16.8 Å². The lowest BCUT2D eigenvalue weighted by atomic mass is 10.0. The van der Waals surface area contributed by atoms with Gasteiger partial charge in [0.25, 0.3) is 5.91 Å². The van der Waals surface area contributed by atoms with Crippen molar-refractivity contribution in [3.05, 3.63) is 58.6 Å². The number of halogens is 1. The lowest BCUT2D eigenvalue weighted by Gasteiger charge is -2.30. The van der Waals surface area contributed by atoms with Gasteiger partial charge < -0.3 is 4.90 Å². The lowest BCUT2D eigenvalue weighted by molar-refractivity contribution is 0.0985. The molecule has 0 spiro atoms. The van der Waals surface area contributed by atoms with Crippen molar-refractivity contribution in [1.82, 2.24) is 4.72 Å². The van der Waals surface area contributed by atoms with E-state index in [4.69, 9.17) is 11.6 Å². The Bertz CT molecular complexity index is 942. The van der Waals surface area contributed by atoms with Crippen molar-refractivity contribution in [2.45, 2.75) is 44.0 Å². The van der Waals surface area contributed by atoms with Crippen LogP contribution in [-0.4, -0.2) is 26.9 Å². The fourth-order valence-corrected chi connectivity index (χ4v) is 4.62. The number of carbonyl (C=O) groups excluding carboxylic acids is 1. The smallest absolute Gasteiger partial charge is 0.258 e. The molecule has 2 aromatic rings. The zero-order valence-corrected chi connectivity index (χ0v) is 17.0. The van der Waals surface area contributed by atoms with Crippen LogP contribution in [0.15, 0.2) is 47.4 Å². The molecule has 1 N–H and O–H groups in total. The molecule has 1 unspecified atom stereocenters. The molecule has 1 heterocycles. The number of fused-ring (bicyclic) bond motifs is 1. The lowest BCUT2D eigenvalue weighted by Crippen LogP contribution is -2.36. The summed E-state index contributed by atoms with van der Waals surface area (Å²) in [4.78, 5) is 14.8. The van der Waals surface area contributed by atoms with E-state index in [1.165, 1.54) is 0 Å². The van der Waals surface area contributed by atoms with Crippen molar-refractivity contribution >= 4 is 33.2 Å². The maximum absolute atomic E-state index is 12.9. The van der Waals surface area contributed by atoms with Crippen LogP contribution in [0.4, 0.5) is 5.69 Å². The van der Waals surface area contributed by atoms with Crippen LogP contribution in [0.25, 0.3) is 0 Å². The highest BCUT2D eigenvalue weighted by Crippen LogP contribution is 2.31. The minimum absolute atomic E-state index is 0.110. The first kappa shape index (κ1) is 19.9. The fourth-order valence-electron chi connectivity index (χ4n) is 3.12. The van der Waals surface area contributed by atoms with Gasteiger partial charge in [-0.1, -0.05) is 18.5 Å². The van der Waals surface area contributed by atoms with Gasteiger partial charge in [-0.2, -0.15) is 0 Å². The van der Waals surface area contributed by atoms with Crippen molar-refractivity contribution in [3.63, 3.8) is 0 Å². The molecule has 0 saturated carbocycles. The number of carbonyl (C=O) groups is 1. The minimum atomic E-state index is -3.57. The summed E-state index contributed by atoms with van der Waals surface area (Å²) >= 11 is 5.90. The zero-order chi connectivity index (χ0) is 19.6. The molecule has 7 heteroatoms. The summed E-state index contributed by atoms with van der Waals surface area (Å²) < 4.78 is 27.8. The van der Waals surface area contributed by atoms with Crippen LogP contribution in [0.3, 0.4) is 0 Å². The molecule has 0 aromatic heterocycles. The maximum atomic E-state index is 12.9. The van der Waals surface area contributed by atoms with E-state index < -0.39 is 10.0 Å². The fraction of sp³-hybridized carbons (Fsp3) is 0.350. The van der Waals surface area contributed by atoms with Gasteiger partial charge in [-0.25, -0.2) is 13.1 Å². The molecular weight excluding hydrogens is 384 g/mol. The van der Waals surface area contributed by atoms with E-state index in [2.05, 4.69) is 4.72 Å². The number of aryl methyl sites for hydroxylation is 1. The first-order chi connectivity index (χ1) is 12.8. The monoisotopic (exact) mass is 406 g/mol. The van der Waals surface area contributed by atoms with E-state index in [9.17, 15) is 13.2 Å². The Morgan fingerprint density at radius 3 is 2.59 bits per heavy atom. The third kappa shape index (κ3) is 4.34. The predicted molar refractivity (Wildman–Crippen MR) is 108 cm³/mol. The quantitative estimate of drug-likeness (QED) is 0.815. The number of amides is 1. The van der Waals surface area contributed by atoms with Crippen molar-refractivity contribution in [2.75, 3.05) is 11.4 Å². The number of benzene rings is 2. The third-order valence-corrected chi connectivity index (χ3v) is 6.62. The van der Waals surface area contributed by atoms with Crippen LogP contribution >= 0.6 is 11.6 Å². The van der Waals surface area contributed by atoms with Gasteiger partial charge in [0.2, 0.25) is 10.0 Å². The van der Waals surface area contributed by atoms with Crippen LogP contribution in [0.2, 0.25) is 5.02 Å². The van der Waals surface area contributed by atoms with E-state index >= 15 is 0 Å². The van der Waals surface area contributed by atoms with Crippen LogP contribution < -0.4 is 9.62 Å². The molecule has 0 fully saturated rings. The largest absolute Gasteiger partial charge is 0.308 e. The number of anilines is 1. The molecule has 0 saturated heterocycles. The molecular formula is C20H23ClN2O3S. The van der Waals surface area contributed by atoms with E-state index in [0.717, 1.165) is 24.1 Å². The van der Waals surface area contributed by atoms with Crippen molar-refractivity contribution < 1.29 is 13.2 Å². The van der Waals surface area contributed by atoms with Gasteiger partial charge in [0.15, 0.2) is 0 Å². The van der Waals surface area contributed by atoms with Gasteiger partial charge in [-0.15, -0.1) is 0 Å². The highest BCUT2D eigenvalue weighted by molar-refractivity contribution is 7.89. The zero-order valence-electron chi connectivity index (χ0n) is 15.4. The highest BCUT2D eigenvalue weighted by atomic mass is 35.5. The van der Waals surface area contributed by atoms with Crippen molar-refractivity contribution in [2.24, 2.45) is 0 Å². The summed E-state index contributed by atoms with van der Waals surface area (Å²) in [6.45, 7) is 4.37. The second-order valence-corrected chi connectivity index (χ2v) is 8.94. The average Bonchev–Trinajstić information content (AvgIpc) is 2.66. The molecule has 0 aliphatic carbocycles. The Labute approximate surface area is 165 Å². The normalized spacial score (nSPS) is 15.3. The summed E-state index contributed by atoms with van der Waals surface area (Å²) in [7, 11) is -3.57. The van der Waals surface area contributed by atoms with Gasteiger partial charge in [-0.05, 0) is 74.2 Å². The number of nitrogens with one attached hydrogen (secondary N) is 1. The molecule has 0 bridgehead atoms. The van der Waals surface area contributed by atoms with E-state index in [1.54, 1.807) is 47.4 Å². The van der Waals surface area contributed by atoms with Gasteiger partial charge >= 0.3 is 0 Å². The number of sulfonamides is 1. The topological polar surface area (TPSA) is 66.5 Å². The summed E-state index contributed by atoms with van der Waals surface area (Å²) in [6, 6.07) is 11.6. The number of hydrogen-bond acceptors (Lipinski definition) is 3. The Morgan fingerprint density at radius 1 is 1.22 bits per heavy atom. The van der Waals surface area contributed by atoms with Gasteiger partial charge in [0, 0.05) is 28.9 Å². The Morgan fingerprint density at radius 2 is 1.93 bits per heavy atom. The van der Waals surface area contributed by atoms with Crippen LogP contribution in [0.1, 0.15) is 42.6 Å². The second kappa shape index (κ2) is 8.00. The van der Waals surface area contributed by atoms with Gasteiger partial charge in [0.05, 0.1) is 4.90 Å². The summed E-state index contributed by atoms with van der Waals surface area (Å²) in [5, 5.41) is 0.578. The molecule has 1 amide bonds. The Hall–Kier alpha value is -1.89. The molecule has 5 nitrogen and oxygen atoms in total. The van der Waals surface area contributed by atoms with E-state index in [0.29, 0.717) is 23.6 Å². The average molecular weight is 407 g/mol. The maximum Gasteiger partial charge on any atom is 0.258 e. The van der Waals surface area contributed by atoms with Crippen LogP contribution in [0.5, 0.6) is 0 Å². The van der Waals surface area contributed by atoms with Crippen molar-refractivity contribution in [3.8, 4) is 0 Å². The first-order valence-corrected chi connectivity index (χ1v) is 10.9. The molecule has 0 radical (unpaired) electrons. The predicted octanol–water partition coefficient (Wildman–Crippen LogP) is 4.01. The molecule has 1 aliphatic rings. The van der Waals surface area contributed by atoms with Gasteiger partial charge in [0.1, 0.15) is 0 Å². The first-order valence-electron chi connectivity index (χ1n) is 9.04. The molecule has 2 aromatic carbocycles. The number of rotatable bonds is 5.